The van der Waals surface area contributed by atoms with Crippen LogP contribution in [0.3, 0.4) is 0 Å². The number of fused-ring (bicyclic) bond motifs is 1. The first kappa shape index (κ1) is 11.2. The first-order valence-electron chi connectivity index (χ1n) is 5.70. The van der Waals surface area contributed by atoms with E-state index in [4.69, 9.17) is 10.8 Å². The van der Waals surface area contributed by atoms with Crippen molar-refractivity contribution in [3.63, 3.8) is 0 Å². The van der Waals surface area contributed by atoms with Crippen LogP contribution in [-0.2, 0) is 0 Å². The molecule has 18 heavy (non-hydrogen) atoms. The van der Waals surface area contributed by atoms with Gasteiger partial charge in [-0.05, 0) is 18.9 Å². The van der Waals surface area contributed by atoms with Gasteiger partial charge >= 0.3 is 5.97 Å². The number of nitrogens with zero attached hydrogens (tertiary/aromatic N) is 3. The molecule has 0 radical (unpaired) electrons. The summed E-state index contributed by atoms with van der Waals surface area (Å²) in [6, 6.07) is 1.63. The van der Waals surface area contributed by atoms with Crippen molar-refractivity contribution in [1.29, 1.82) is 0 Å². The Hall–Kier alpha value is -1.89. The van der Waals surface area contributed by atoms with Gasteiger partial charge in [0.15, 0.2) is 0 Å². The van der Waals surface area contributed by atoms with Crippen molar-refractivity contribution in [2.24, 2.45) is 0 Å². The molecule has 0 atom stereocenters. The largest absolute Gasteiger partial charge is 0.477 e. The van der Waals surface area contributed by atoms with Crippen LogP contribution in [0.4, 0.5) is 11.8 Å². The molecule has 6 nitrogen and oxygen atoms in total. The fraction of sp³-hybridized carbons (Fsp3) is 0.364. The van der Waals surface area contributed by atoms with Gasteiger partial charge in [-0.3, -0.25) is 0 Å². The summed E-state index contributed by atoms with van der Waals surface area (Å²) in [4.78, 5) is 22.4. The summed E-state index contributed by atoms with van der Waals surface area (Å²) in [5.74, 6) is 0.0193. The van der Waals surface area contributed by atoms with E-state index in [-0.39, 0.29) is 10.8 Å². The van der Waals surface area contributed by atoms with E-state index >= 15 is 0 Å². The highest BCUT2D eigenvalue weighted by Gasteiger charge is 2.20. The van der Waals surface area contributed by atoms with Gasteiger partial charge in [0.1, 0.15) is 15.5 Å². The average Bonchev–Trinajstić information content (AvgIpc) is 2.96. The fourth-order valence-electron chi connectivity index (χ4n) is 2.20. The van der Waals surface area contributed by atoms with Crippen molar-refractivity contribution in [3.8, 4) is 0 Å². The van der Waals surface area contributed by atoms with Gasteiger partial charge in [-0.2, -0.15) is 4.98 Å². The number of carboxylic acid groups (broad SMARTS) is 1. The molecule has 0 spiro atoms. The lowest BCUT2D eigenvalue weighted by atomic mass is 10.3. The lowest BCUT2D eigenvalue weighted by Gasteiger charge is -2.17. The first-order chi connectivity index (χ1) is 8.65. The summed E-state index contributed by atoms with van der Waals surface area (Å²) in [5, 5.41) is 9.81. The summed E-state index contributed by atoms with van der Waals surface area (Å²) in [6.07, 6.45) is 2.25. The molecule has 0 amide bonds. The van der Waals surface area contributed by atoms with Crippen LogP contribution in [-0.4, -0.2) is 34.1 Å². The third kappa shape index (κ3) is 1.76. The molecule has 2 aromatic heterocycles. The topological polar surface area (TPSA) is 92.3 Å². The lowest BCUT2D eigenvalue weighted by molar-refractivity contribution is 0.0702. The van der Waals surface area contributed by atoms with Crippen LogP contribution in [0.25, 0.3) is 10.2 Å². The van der Waals surface area contributed by atoms with Crippen LogP contribution in [0.5, 0.6) is 0 Å². The molecule has 1 fully saturated rings. The van der Waals surface area contributed by atoms with E-state index in [0.717, 1.165) is 48.5 Å². The Kier molecular flexibility index (Phi) is 2.55. The van der Waals surface area contributed by atoms with Crippen molar-refractivity contribution >= 4 is 39.3 Å². The van der Waals surface area contributed by atoms with Gasteiger partial charge in [0, 0.05) is 13.1 Å². The third-order valence-corrected chi connectivity index (χ3v) is 4.02. The number of hydrogen-bond acceptors (Lipinski definition) is 6. The molecule has 3 rings (SSSR count). The van der Waals surface area contributed by atoms with E-state index < -0.39 is 5.97 Å². The third-order valence-electron chi connectivity index (χ3n) is 3.01. The fourth-order valence-corrected chi connectivity index (χ4v) is 3.07. The predicted octanol–water partition coefficient (Wildman–Crippen LogP) is 1.57. The molecule has 1 saturated heterocycles. The minimum atomic E-state index is -0.941. The Morgan fingerprint density at radius 1 is 1.39 bits per heavy atom. The molecule has 2 aromatic rings. The Morgan fingerprint density at radius 3 is 2.78 bits per heavy atom. The molecular weight excluding hydrogens is 252 g/mol. The van der Waals surface area contributed by atoms with Crippen molar-refractivity contribution < 1.29 is 9.90 Å². The second-order valence-electron chi connectivity index (χ2n) is 4.23. The highest BCUT2D eigenvalue weighted by molar-refractivity contribution is 7.20. The second kappa shape index (κ2) is 4.09. The molecule has 0 aliphatic carbocycles. The number of thiophene rings is 1. The van der Waals surface area contributed by atoms with Crippen LogP contribution < -0.4 is 10.6 Å². The summed E-state index contributed by atoms with van der Waals surface area (Å²) in [6.45, 7) is 1.87. The molecule has 3 N–H and O–H groups in total. The normalized spacial score (nSPS) is 15.4. The van der Waals surface area contributed by atoms with Gasteiger partial charge in [0.25, 0.3) is 0 Å². The molecule has 3 heterocycles. The SMILES string of the molecule is Nc1nc(N2CCCC2)c2cc(C(=O)O)sc2n1. The Labute approximate surface area is 107 Å². The number of rotatable bonds is 2. The highest BCUT2D eigenvalue weighted by Crippen LogP contribution is 2.32. The number of aromatic nitrogens is 2. The minimum absolute atomic E-state index is 0.197. The summed E-state index contributed by atoms with van der Waals surface area (Å²) >= 11 is 1.14. The molecular formula is C11H12N4O2S. The van der Waals surface area contributed by atoms with Crippen molar-refractivity contribution in [3.05, 3.63) is 10.9 Å². The molecule has 1 aliphatic heterocycles. The maximum Gasteiger partial charge on any atom is 0.345 e. The highest BCUT2D eigenvalue weighted by atomic mass is 32.1. The van der Waals surface area contributed by atoms with Gasteiger partial charge in [-0.1, -0.05) is 0 Å². The molecule has 1 aliphatic rings. The number of nitrogens with two attached hydrogens (primary N) is 1. The Morgan fingerprint density at radius 2 is 2.11 bits per heavy atom. The zero-order valence-electron chi connectivity index (χ0n) is 9.59. The smallest absolute Gasteiger partial charge is 0.345 e. The number of hydrogen-bond donors (Lipinski definition) is 2. The molecule has 94 valence electrons. The summed E-state index contributed by atoms with van der Waals surface area (Å²) in [7, 11) is 0. The van der Waals surface area contributed by atoms with Crippen LogP contribution in [0.1, 0.15) is 22.5 Å². The van der Waals surface area contributed by atoms with E-state index in [9.17, 15) is 4.79 Å². The molecule has 7 heteroatoms. The van der Waals surface area contributed by atoms with E-state index in [1.165, 1.54) is 0 Å². The van der Waals surface area contributed by atoms with E-state index in [2.05, 4.69) is 14.9 Å². The molecule has 0 aromatic carbocycles. The van der Waals surface area contributed by atoms with E-state index in [1.54, 1.807) is 6.07 Å². The van der Waals surface area contributed by atoms with E-state index in [1.807, 2.05) is 0 Å². The van der Waals surface area contributed by atoms with Crippen LogP contribution in [0.2, 0.25) is 0 Å². The molecule has 0 saturated carbocycles. The van der Waals surface area contributed by atoms with E-state index in [0.29, 0.717) is 4.83 Å². The van der Waals surface area contributed by atoms with Crippen LogP contribution >= 0.6 is 11.3 Å². The zero-order valence-corrected chi connectivity index (χ0v) is 10.4. The van der Waals surface area contributed by atoms with Crippen molar-refractivity contribution in [1.82, 2.24) is 9.97 Å². The minimum Gasteiger partial charge on any atom is -0.477 e. The monoisotopic (exact) mass is 264 g/mol. The van der Waals surface area contributed by atoms with Crippen molar-refractivity contribution in [2.45, 2.75) is 12.8 Å². The lowest BCUT2D eigenvalue weighted by Crippen LogP contribution is -2.19. The predicted molar refractivity (Wildman–Crippen MR) is 70.2 cm³/mol. The van der Waals surface area contributed by atoms with Crippen molar-refractivity contribution in [2.75, 3.05) is 23.7 Å². The summed E-state index contributed by atoms with van der Waals surface area (Å²) in [5.41, 5.74) is 5.69. The number of carbonyl (C=O) groups is 1. The number of nitrogen functional groups attached to an aromatic ring is 1. The zero-order chi connectivity index (χ0) is 12.7. The number of aromatic carboxylic acids is 1. The standard InChI is InChI=1S/C11H12N4O2S/c12-11-13-8(15-3-1-2-4-15)6-5-7(10(16)17)18-9(6)14-11/h5H,1-4H2,(H,16,17)(H2,12,13,14). The number of anilines is 2. The Balaban J connectivity index is 2.19. The van der Waals surface area contributed by atoms with Gasteiger partial charge in [-0.15, -0.1) is 11.3 Å². The maximum atomic E-state index is 11.0. The first-order valence-corrected chi connectivity index (χ1v) is 6.52. The maximum absolute atomic E-state index is 11.0. The molecule has 0 unspecified atom stereocenters. The van der Waals surface area contributed by atoms with Gasteiger partial charge in [0.05, 0.1) is 5.39 Å². The molecule has 0 bridgehead atoms. The second-order valence-corrected chi connectivity index (χ2v) is 5.26. The van der Waals surface area contributed by atoms with Gasteiger partial charge in [-0.25, -0.2) is 9.78 Å². The van der Waals surface area contributed by atoms with Gasteiger partial charge in [0.2, 0.25) is 5.95 Å². The van der Waals surface area contributed by atoms with Crippen LogP contribution in [0, 0.1) is 0 Å². The van der Waals surface area contributed by atoms with Crippen LogP contribution in [0.15, 0.2) is 6.07 Å². The quantitative estimate of drug-likeness (QED) is 0.855. The Bertz CT molecular complexity index is 619. The average molecular weight is 264 g/mol. The number of carboxylic acids is 1. The summed E-state index contributed by atoms with van der Waals surface area (Å²) < 4.78 is 0. The van der Waals surface area contributed by atoms with Gasteiger partial charge < -0.3 is 15.7 Å².